The second-order valence-corrected chi connectivity index (χ2v) is 6.04. The standard InChI is InChI=1S/C16H28N4O/c1-15(14-19-12-10-18(2)11-13-19)17-7-5-9-20-8-4-3-6-16(20)21/h3-4,6,8,15,17H,5,7,9-14H2,1-2H3/t15-/m0/s1. The molecule has 2 heterocycles. The zero-order chi connectivity index (χ0) is 15.1. The Morgan fingerprint density at radius 3 is 2.71 bits per heavy atom. The lowest BCUT2D eigenvalue weighted by Crippen LogP contribution is -2.49. The van der Waals surface area contributed by atoms with Crippen LogP contribution in [0.1, 0.15) is 13.3 Å². The first-order chi connectivity index (χ1) is 10.1. The van der Waals surface area contributed by atoms with Crippen molar-refractivity contribution in [2.24, 2.45) is 0 Å². The average molecular weight is 292 g/mol. The van der Waals surface area contributed by atoms with E-state index in [4.69, 9.17) is 0 Å². The van der Waals surface area contributed by atoms with Gasteiger partial charge in [0, 0.05) is 57.6 Å². The first-order valence-corrected chi connectivity index (χ1v) is 7.95. The van der Waals surface area contributed by atoms with Gasteiger partial charge in [0.2, 0.25) is 5.56 Å². The number of likely N-dealkylation sites (N-methyl/N-ethyl adjacent to an activating group) is 1. The molecule has 1 N–H and O–H groups in total. The molecule has 2 rings (SSSR count). The van der Waals surface area contributed by atoms with Gasteiger partial charge in [-0.1, -0.05) is 6.07 Å². The minimum absolute atomic E-state index is 0.0861. The number of nitrogens with zero attached hydrogens (tertiary/aromatic N) is 3. The fraction of sp³-hybridized carbons (Fsp3) is 0.688. The van der Waals surface area contributed by atoms with Crippen molar-refractivity contribution in [2.45, 2.75) is 25.9 Å². The van der Waals surface area contributed by atoms with Crippen LogP contribution in [0.5, 0.6) is 0 Å². The third kappa shape index (κ3) is 5.61. The molecule has 0 bridgehead atoms. The molecule has 118 valence electrons. The third-order valence-corrected chi connectivity index (χ3v) is 4.10. The summed E-state index contributed by atoms with van der Waals surface area (Å²) in [6, 6.07) is 5.81. The molecule has 1 atom stereocenters. The Kier molecular flexibility index (Phi) is 6.42. The Bertz CT molecular complexity index is 465. The SMILES string of the molecule is C[C@@H](CN1CCN(C)CC1)NCCCn1ccccc1=O. The number of nitrogens with one attached hydrogen (secondary N) is 1. The van der Waals surface area contributed by atoms with E-state index < -0.39 is 0 Å². The van der Waals surface area contributed by atoms with E-state index in [1.165, 1.54) is 26.2 Å². The number of rotatable bonds is 7. The Morgan fingerprint density at radius 2 is 2.00 bits per heavy atom. The first kappa shape index (κ1) is 16.2. The molecule has 1 aromatic rings. The molecule has 0 aromatic carbocycles. The van der Waals surface area contributed by atoms with E-state index in [-0.39, 0.29) is 5.56 Å². The second-order valence-electron chi connectivity index (χ2n) is 6.04. The predicted molar refractivity (Wildman–Crippen MR) is 86.7 cm³/mol. The van der Waals surface area contributed by atoms with Crippen molar-refractivity contribution in [3.05, 3.63) is 34.7 Å². The number of aryl methyl sites for hydroxylation is 1. The molecule has 21 heavy (non-hydrogen) atoms. The van der Waals surface area contributed by atoms with E-state index in [1.54, 1.807) is 16.7 Å². The molecule has 1 aliphatic heterocycles. The molecule has 0 aliphatic carbocycles. The van der Waals surface area contributed by atoms with Gasteiger partial charge in [0.25, 0.3) is 0 Å². The smallest absolute Gasteiger partial charge is 0.250 e. The molecular weight excluding hydrogens is 264 g/mol. The largest absolute Gasteiger partial charge is 0.315 e. The highest BCUT2D eigenvalue weighted by atomic mass is 16.1. The Balaban J connectivity index is 1.60. The van der Waals surface area contributed by atoms with Crippen LogP contribution in [0, 0.1) is 0 Å². The normalized spacial score (nSPS) is 18.8. The summed E-state index contributed by atoms with van der Waals surface area (Å²) in [5, 5.41) is 3.56. The fourth-order valence-electron chi connectivity index (χ4n) is 2.73. The van der Waals surface area contributed by atoms with Gasteiger partial charge in [-0.25, -0.2) is 0 Å². The molecular formula is C16H28N4O. The van der Waals surface area contributed by atoms with Gasteiger partial charge in [-0.2, -0.15) is 0 Å². The van der Waals surface area contributed by atoms with Crippen molar-refractivity contribution < 1.29 is 0 Å². The molecule has 0 unspecified atom stereocenters. The van der Waals surface area contributed by atoms with Crippen LogP contribution < -0.4 is 10.9 Å². The van der Waals surface area contributed by atoms with Crippen LogP contribution in [-0.4, -0.2) is 66.7 Å². The highest BCUT2D eigenvalue weighted by molar-refractivity contribution is 4.93. The Hall–Kier alpha value is -1.17. The van der Waals surface area contributed by atoms with Crippen LogP contribution in [0.4, 0.5) is 0 Å². The summed E-state index contributed by atoms with van der Waals surface area (Å²) in [6.45, 7) is 9.77. The van der Waals surface area contributed by atoms with Gasteiger partial charge < -0.3 is 14.8 Å². The zero-order valence-electron chi connectivity index (χ0n) is 13.3. The fourth-order valence-corrected chi connectivity index (χ4v) is 2.73. The summed E-state index contributed by atoms with van der Waals surface area (Å²) >= 11 is 0. The molecule has 0 amide bonds. The van der Waals surface area contributed by atoms with E-state index in [9.17, 15) is 4.79 Å². The lowest BCUT2D eigenvalue weighted by Gasteiger charge is -2.34. The van der Waals surface area contributed by atoms with Crippen molar-refractivity contribution in [2.75, 3.05) is 46.3 Å². The summed E-state index contributed by atoms with van der Waals surface area (Å²) in [5.41, 5.74) is 0.0861. The van der Waals surface area contributed by atoms with E-state index in [0.29, 0.717) is 6.04 Å². The van der Waals surface area contributed by atoms with Crippen molar-refractivity contribution in [1.82, 2.24) is 19.7 Å². The highest BCUT2D eigenvalue weighted by Crippen LogP contribution is 2.00. The number of aromatic nitrogens is 1. The molecule has 0 radical (unpaired) electrons. The summed E-state index contributed by atoms with van der Waals surface area (Å²) in [5.74, 6) is 0. The summed E-state index contributed by atoms with van der Waals surface area (Å²) < 4.78 is 1.77. The molecule has 5 heteroatoms. The zero-order valence-corrected chi connectivity index (χ0v) is 13.3. The van der Waals surface area contributed by atoms with Crippen LogP contribution in [0.25, 0.3) is 0 Å². The minimum Gasteiger partial charge on any atom is -0.315 e. The van der Waals surface area contributed by atoms with Crippen LogP contribution in [-0.2, 0) is 6.54 Å². The lowest BCUT2D eigenvalue weighted by atomic mass is 10.2. The third-order valence-electron chi connectivity index (χ3n) is 4.10. The maximum absolute atomic E-state index is 11.6. The summed E-state index contributed by atoms with van der Waals surface area (Å²) in [4.78, 5) is 16.5. The van der Waals surface area contributed by atoms with Gasteiger partial charge in [-0.05, 0) is 33.0 Å². The average Bonchev–Trinajstić information content (AvgIpc) is 2.48. The van der Waals surface area contributed by atoms with E-state index in [2.05, 4.69) is 29.1 Å². The molecule has 0 saturated carbocycles. The number of piperazine rings is 1. The number of pyridine rings is 1. The van der Waals surface area contributed by atoms with Gasteiger partial charge in [-0.15, -0.1) is 0 Å². The minimum atomic E-state index is 0.0861. The highest BCUT2D eigenvalue weighted by Gasteiger charge is 2.15. The van der Waals surface area contributed by atoms with Crippen molar-refractivity contribution in [3.63, 3.8) is 0 Å². The molecule has 0 spiro atoms. The van der Waals surface area contributed by atoms with Crippen LogP contribution in [0.3, 0.4) is 0 Å². The maximum atomic E-state index is 11.6. The van der Waals surface area contributed by atoms with Gasteiger partial charge in [0.05, 0.1) is 0 Å². The van der Waals surface area contributed by atoms with Gasteiger partial charge in [0.1, 0.15) is 0 Å². The van der Waals surface area contributed by atoms with Gasteiger partial charge in [0.15, 0.2) is 0 Å². The van der Waals surface area contributed by atoms with Crippen molar-refractivity contribution in [1.29, 1.82) is 0 Å². The van der Waals surface area contributed by atoms with E-state index >= 15 is 0 Å². The molecule has 5 nitrogen and oxygen atoms in total. The summed E-state index contributed by atoms with van der Waals surface area (Å²) in [7, 11) is 2.19. The Labute approximate surface area is 127 Å². The predicted octanol–water partition coefficient (Wildman–Crippen LogP) is 0.464. The second kappa shape index (κ2) is 8.32. The van der Waals surface area contributed by atoms with Crippen molar-refractivity contribution >= 4 is 0 Å². The monoisotopic (exact) mass is 292 g/mol. The topological polar surface area (TPSA) is 40.5 Å². The first-order valence-electron chi connectivity index (χ1n) is 7.95. The summed E-state index contributed by atoms with van der Waals surface area (Å²) in [6.07, 6.45) is 2.84. The van der Waals surface area contributed by atoms with Crippen LogP contribution in [0.15, 0.2) is 29.2 Å². The molecule has 1 saturated heterocycles. The lowest BCUT2D eigenvalue weighted by molar-refractivity contribution is 0.144. The quantitative estimate of drug-likeness (QED) is 0.742. The molecule has 1 aromatic heterocycles. The maximum Gasteiger partial charge on any atom is 0.250 e. The van der Waals surface area contributed by atoms with Gasteiger partial charge in [-0.3, -0.25) is 9.69 Å². The van der Waals surface area contributed by atoms with Crippen LogP contribution in [0.2, 0.25) is 0 Å². The van der Waals surface area contributed by atoms with Crippen LogP contribution >= 0.6 is 0 Å². The van der Waals surface area contributed by atoms with E-state index in [0.717, 1.165) is 26.1 Å². The molecule has 1 fully saturated rings. The molecule has 1 aliphatic rings. The Morgan fingerprint density at radius 1 is 1.24 bits per heavy atom. The van der Waals surface area contributed by atoms with Gasteiger partial charge >= 0.3 is 0 Å². The van der Waals surface area contributed by atoms with E-state index in [1.807, 2.05) is 12.3 Å². The number of hydrogen-bond acceptors (Lipinski definition) is 4. The number of hydrogen-bond donors (Lipinski definition) is 1. The van der Waals surface area contributed by atoms with Crippen molar-refractivity contribution in [3.8, 4) is 0 Å².